The van der Waals surface area contributed by atoms with Crippen LogP contribution in [0.1, 0.15) is 23.2 Å². The summed E-state index contributed by atoms with van der Waals surface area (Å²) in [6.45, 7) is -0.277. The highest BCUT2D eigenvalue weighted by Gasteiger charge is 2.51. The summed E-state index contributed by atoms with van der Waals surface area (Å²) in [5.41, 5.74) is -2.44. The van der Waals surface area contributed by atoms with Crippen LogP contribution < -0.4 is 4.90 Å². The smallest absolute Gasteiger partial charge is 0.361 e. The van der Waals surface area contributed by atoms with Gasteiger partial charge in [-0.05, 0) is 36.1 Å². The van der Waals surface area contributed by atoms with Gasteiger partial charge in [0.15, 0.2) is 0 Å². The zero-order chi connectivity index (χ0) is 22.8. The molecule has 11 heteroatoms. The molecule has 0 saturated carbocycles. The summed E-state index contributed by atoms with van der Waals surface area (Å²) in [6.07, 6.45) is 7.51. The topological polar surface area (TPSA) is 82.2 Å². The van der Waals surface area contributed by atoms with Crippen molar-refractivity contribution in [1.29, 1.82) is 0 Å². The lowest BCUT2D eigenvalue weighted by atomic mass is 10.0. The quantitative estimate of drug-likeness (QED) is 0.603. The molecule has 0 unspecified atom stereocenters. The Hall–Kier alpha value is -2.92. The van der Waals surface area contributed by atoms with E-state index in [0.29, 0.717) is 34.9 Å². The number of aromatic nitrogens is 3. The van der Waals surface area contributed by atoms with Crippen LogP contribution in [-0.4, -0.2) is 45.8 Å². The van der Waals surface area contributed by atoms with E-state index in [4.69, 9.17) is 0 Å². The standard InChI is InChI=1S/C21H22F3N5O2S/c22-21(23,24)32(30,31)28-12-17-5-1-2-6-20(17)29(13-18-11-26-15-27-18)19(14-28)8-7-16-4-3-9-25-10-16/h1-6,9-11,15,19H,7-8,12-14H2,(H,26,27)/t19-/m0/s1. The average Bonchev–Trinajstić information content (AvgIpc) is 3.22. The van der Waals surface area contributed by atoms with Crippen molar-refractivity contribution in [3.8, 4) is 0 Å². The highest BCUT2D eigenvalue weighted by molar-refractivity contribution is 7.89. The van der Waals surface area contributed by atoms with E-state index in [2.05, 4.69) is 15.0 Å². The van der Waals surface area contributed by atoms with Crippen molar-refractivity contribution in [2.45, 2.75) is 37.5 Å². The summed E-state index contributed by atoms with van der Waals surface area (Å²) in [7, 11) is -5.49. The zero-order valence-electron chi connectivity index (χ0n) is 17.0. The Morgan fingerprint density at radius 2 is 1.91 bits per heavy atom. The average molecular weight is 466 g/mol. The number of nitrogens with one attached hydrogen (secondary N) is 1. The fourth-order valence-electron chi connectivity index (χ4n) is 3.93. The highest BCUT2D eigenvalue weighted by Crippen LogP contribution is 2.35. The minimum atomic E-state index is -5.49. The van der Waals surface area contributed by atoms with E-state index in [-0.39, 0.29) is 13.1 Å². The molecule has 1 aromatic carbocycles. The third-order valence-corrected chi connectivity index (χ3v) is 7.06. The van der Waals surface area contributed by atoms with Crippen molar-refractivity contribution in [3.05, 3.63) is 78.1 Å². The highest BCUT2D eigenvalue weighted by atomic mass is 32.2. The van der Waals surface area contributed by atoms with Gasteiger partial charge in [0.1, 0.15) is 0 Å². The molecule has 0 bridgehead atoms. The van der Waals surface area contributed by atoms with E-state index in [9.17, 15) is 21.6 Å². The van der Waals surface area contributed by atoms with Gasteiger partial charge >= 0.3 is 15.5 Å². The first-order chi connectivity index (χ1) is 15.3. The normalized spacial score (nSPS) is 17.7. The molecule has 0 amide bonds. The van der Waals surface area contributed by atoms with Gasteiger partial charge in [-0.1, -0.05) is 24.3 Å². The van der Waals surface area contributed by atoms with E-state index >= 15 is 0 Å². The van der Waals surface area contributed by atoms with Gasteiger partial charge in [-0.2, -0.15) is 17.5 Å². The molecule has 1 aliphatic heterocycles. The number of fused-ring (bicyclic) bond motifs is 1. The predicted molar refractivity (Wildman–Crippen MR) is 113 cm³/mol. The fourth-order valence-corrected chi connectivity index (χ4v) is 4.90. The monoisotopic (exact) mass is 465 g/mol. The molecule has 4 rings (SSSR count). The number of imidazole rings is 1. The van der Waals surface area contributed by atoms with Crippen LogP contribution in [0.2, 0.25) is 0 Å². The summed E-state index contributed by atoms with van der Waals surface area (Å²) in [6, 6.07) is 10.2. The first kappa shape index (κ1) is 22.3. The molecule has 1 aliphatic rings. The Morgan fingerprint density at radius 1 is 1.09 bits per heavy atom. The van der Waals surface area contributed by atoms with E-state index in [0.717, 1.165) is 11.3 Å². The number of aryl methyl sites for hydroxylation is 1. The first-order valence-electron chi connectivity index (χ1n) is 10.0. The Morgan fingerprint density at radius 3 is 2.59 bits per heavy atom. The van der Waals surface area contributed by atoms with Crippen LogP contribution in [0.3, 0.4) is 0 Å². The number of alkyl halides is 3. The maximum atomic E-state index is 13.4. The Labute approximate surface area is 184 Å². The van der Waals surface area contributed by atoms with Crippen LogP contribution in [-0.2, 0) is 29.5 Å². The van der Waals surface area contributed by atoms with Crippen LogP contribution in [0.25, 0.3) is 0 Å². The van der Waals surface area contributed by atoms with Gasteiger partial charge in [0.2, 0.25) is 0 Å². The molecule has 2 aromatic heterocycles. The third-order valence-electron chi connectivity index (χ3n) is 5.52. The number of halogens is 3. The number of benzene rings is 1. The first-order valence-corrected chi connectivity index (χ1v) is 11.5. The van der Waals surface area contributed by atoms with Gasteiger partial charge in [0.05, 0.1) is 18.6 Å². The molecule has 170 valence electrons. The Bertz CT molecular complexity index is 1140. The van der Waals surface area contributed by atoms with Crippen LogP contribution in [0.4, 0.5) is 18.9 Å². The van der Waals surface area contributed by atoms with Gasteiger partial charge in [-0.25, -0.2) is 13.4 Å². The molecule has 0 saturated heterocycles. The Balaban J connectivity index is 1.73. The molecular weight excluding hydrogens is 443 g/mol. The van der Waals surface area contributed by atoms with Crippen LogP contribution >= 0.6 is 0 Å². The summed E-state index contributed by atoms with van der Waals surface area (Å²) in [4.78, 5) is 13.1. The second kappa shape index (κ2) is 8.91. The van der Waals surface area contributed by atoms with Crippen molar-refractivity contribution < 1.29 is 21.6 Å². The van der Waals surface area contributed by atoms with Crippen LogP contribution in [0.15, 0.2) is 61.3 Å². The molecule has 3 aromatic rings. The number of H-pyrrole nitrogens is 1. The number of sulfonamides is 1. The minimum Gasteiger partial charge on any atom is -0.361 e. The van der Waals surface area contributed by atoms with Crippen LogP contribution in [0, 0.1) is 0 Å². The Kier molecular flexibility index (Phi) is 6.20. The van der Waals surface area contributed by atoms with Gasteiger partial charge in [0.25, 0.3) is 0 Å². The predicted octanol–water partition coefficient (Wildman–Crippen LogP) is 3.48. The largest absolute Gasteiger partial charge is 0.511 e. The summed E-state index contributed by atoms with van der Waals surface area (Å²) < 4.78 is 65.6. The number of anilines is 1. The van der Waals surface area contributed by atoms with Crippen molar-refractivity contribution in [3.63, 3.8) is 0 Å². The number of hydrogen-bond acceptors (Lipinski definition) is 5. The van der Waals surface area contributed by atoms with E-state index in [1.807, 2.05) is 17.0 Å². The molecule has 0 radical (unpaired) electrons. The van der Waals surface area contributed by atoms with E-state index in [1.54, 1.807) is 42.9 Å². The second-order valence-electron chi connectivity index (χ2n) is 7.63. The molecule has 7 nitrogen and oxygen atoms in total. The van der Waals surface area contributed by atoms with Gasteiger partial charge < -0.3 is 9.88 Å². The summed E-state index contributed by atoms with van der Waals surface area (Å²) >= 11 is 0. The number of aromatic amines is 1. The zero-order valence-corrected chi connectivity index (χ0v) is 17.9. The van der Waals surface area contributed by atoms with Gasteiger partial charge in [-0.3, -0.25) is 4.98 Å². The second-order valence-corrected chi connectivity index (χ2v) is 9.56. The van der Waals surface area contributed by atoms with E-state index < -0.39 is 21.6 Å². The fraction of sp³-hybridized carbons (Fsp3) is 0.333. The van der Waals surface area contributed by atoms with Crippen molar-refractivity contribution in [1.82, 2.24) is 19.3 Å². The minimum absolute atomic E-state index is 0.287. The lowest BCUT2D eigenvalue weighted by molar-refractivity contribution is -0.0492. The molecule has 0 fully saturated rings. The maximum absolute atomic E-state index is 13.4. The van der Waals surface area contributed by atoms with Crippen molar-refractivity contribution in [2.75, 3.05) is 11.4 Å². The summed E-state index contributed by atoms with van der Waals surface area (Å²) in [5.74, 6) is 0. The molecular formula is C21H22F3N5O2S. The molecule has 0 spiro atoms. The number of rotatable bonds is 6. The number of para-hydroxylation sites is 1. The van der Waals surface area contributed by atoms with E-state index in [1.165, 1.54) is 6.33 Å². The van der Waals surface area contributed by atoms with Gasteiger partial charge in [-0.15, -0.1) is 0 Å². The van der Waals surface area contributed by atoms with Gasteiger partial charge in [0, 0.05) is 43.4 Å². The number of pyridine rings is 1. The van der Waals surface area contributed by atoms with Crippen molar-refractivity contribution >= 4 is 15.7 Å². The maximum Gasteiger partial charge on any atom is 0.511 e. The third kappa shape index (κ3) is 4.63. The molecule has 3 heterocycles. The summed E-state index contributed by atoms with van der Waals surface area (Å²) in [5, 5.41) is 0. The van der Waals surface area contributed by atoms with Crippen molar-refractivity contribution in [2.24, 2.45) is 0 Å². The lowest BCUT2D eigenvalue weighted by Crippen LogP contribution is -2.47. The molecule has 1 N–H and O–H groups in total. The molecule has 1 atom stereocenters. The number of nitrogens with zero attached hydrogens (tertiary/aromatic N) is 4. The van der Waals surface area contributed by atoms with Crippen LogP contribution in [0.5, 0.6) is 0 Å². The molecule has 0 aliphatic carbocycles. The number of hydrogen-bond donors (Lipinski definition) is 1. The lowest BCUT2D eigenvalue weighted by Gasteiger charge is -2.34. The SMILES string of the molecule is O=S(=O)(N1Cc2ccccc2N(Cc2cnc[nH]2)[C@@H](CCc2cccnc2)C1)C(F)(F)F. The molecule has 32 heavy (non-hydrogen) atoms.